The van der Waals surface area contributed by atoms with Crippen molar-refractivity contribution in [1.29, 1.82) is 0 Å². The second-order valence-electron chi connectivity index (χ2n) is 8.29. The lowest BCUT2D eigenvalue weighted by Crippen LogP contribution is -2.42. The van der Waals surface area contributed by atoms with Gasteiger partial charge in [-0.2, -0.15) is 0 Å². The van der Waals surface area contributed by atoms with Gasteiger partial charge in [-0.05, 0) is 82.3 Å². The molecule has 1 saturated heterocycles. The zero-order chi connectivity index (χ0) is 21.7. The van der Waals surface area contributed by atoms with E-state index in [2.05, 4.69) is 18.3 Å². The molecule has 160 valence electrons. The Morgan fingerprint density at radius 1 is 1.07 bits per heavy atom. The van der Waals surface area contributed by atoms with Crippen molar-refractivity contribution in [3.8, 4) is 5.75 Å². The summed E-state index contributed by atoms with van der Waals surface area (Å²) >= 11 is 0. The highest BCUT2D eigenvalue weighted by molar-refractivity contribution is 5.96. The van der Waals surface area contributed by atoms with Crippen molar-refractivity contribution in [3.63, 3.8) is 0 Å². The lowest BCUT2D eigenvalue weighted by Gasteiger charge is -2.33. The maximum absolute atomic E-state index is 12.8. The summed E-state index contributed by atoms with van der Waals surface area (Å²) in [5.74, 6) is 0.774. The predicted octanol–water partition coefficient (Wildman–Crippen LogP) is 5.03. The Morgan fingerprint density at radius 2 is 1.87 bits per heavy atom. The van der Waals surface area contributed by atoms with Crippen molar-refractivity contribution in [2.75, 3.05) is 18.5 Å². The maximum Gasteiger partial charge on any atom is 0.254 e. The number of nitrogens with one attached hydrogen (secondary N) is 1. The summed E-state index contributed by atoms with van der Waals surface area (Å²) in [6.07, 6.45) is 3.57. The number of carbonyl (C=O) groups excluding carboxylic acids is 2. The van der Waals surface area contributed by atoms with Crippen LogP contribution in [0.1, 0.15) is 59.7 Å². The maximum atomic E-state index is 12.8. The van der Waals surface area contributed by atoms with Crippen LogP contribution in [0.2, 0.25) is 0 Å². The number of hydrogen-bond acceptors (Lipinski definition) is 3. The standard InChI is InChI=1S/C25H32N2O3/c1-17-8-11-23(19(3)15-17)30-14-12-24(28)26-22-10-9-21(16-18(22)2)25(29)27-13-6-5-7-20(27)4/h8-11,15-16,20H,5-7,12-14H2,1-4H3,(H,26,28). The highest BCUT2D eigenvalue weighted by Crippen LogP contribution is 2.23. The van der Waals surface area contributed by atoms with E-state index < -0.39 is 0 Å². The van der Waals surface area contributed by atoms with Crippen LogP contribution in [0.25, 0.3) is 0 Å². The molecule has 0 saturated carbocycles. The zero-order valence-electron chi connectivity index (χ0n) is 18.5. The van der Waals surface area contributed by atoms with E-state index in [4.69, 9.17) is 4.74 Å². The molecule has 2 amide bonds. The molecule has 5 heteroatoms. The number of likely N-dealkylation sites (tertiary alicyclic amines) is 1. The van der Waals surface area contributed by atoms with Gasteiger partial charge in [0.1, 0.15) is 5.75 Å². The van der Waals surface area contributed by atoms with E-state index in [0.29, 0.717) is 12.2 Å². The molecule has 0 aromatic heterocycles. The lowest BCUT2D eigenvalue weighted by molar-refractivity contribution is -0.116. The smallest absolute Gasteiger partial charge is 0.254 e. The molecule has 2 aromatic rings. The fraction of sp³-hybridized carbons (Fsp3) is 0.440. The number of ether oxygens (including phenoxy) is 1. The van der Waals surface area contributed by atoms with Crippen LogP contribution in [0.15, 0.2) is 36.4 Å². The number of piperidine rings is 1. The van der Waals surface area contributed by atoms with Gasteiger partial charge in [0.2, 0.25) is 5.91 Å². The SMILES string of the molecule is Cc1ccc(OCCC(=O)Nc2ccc(C(=O)N3CCCCC3C)cc2C)c(C)c1. The Bertz CT molecular complexity index is 923. The minimum absolute atomic E-state index is 0.0741. The van der Waals surface area contributed by atoms with Crippen molar-refractivity contribution >= 4 is 17.5 Å². The van der Waals surface area contributed by atoms with E-state index in [-0.39, 0.29) is 24.3 Å². The topological polar surface area (TPSA) is 58.6 Å². The average Bonchev–Trinajstić information content (AvgIpc) is 2.71. The first-order valence-corrected chi connectivity index (χ1v) is 10.8. The molecular formula is C25H32N2O3. The quantitative estimate of drug-likeness (QED) is 0.729. The van der Waals surface area contributed by atoms with E-state index in [1.165, 1.54) is 12.0 Å². The van der Waals surface area contributed by atoms with Crippen LogP contribution in [-0.4, -0.2) is 35.9 Å². The van der Waals surface area contributed by atoms with Crippen LogP contribution in [0.3, 0.4) is 0 Å². The van der Waals surface area contributed by atoms with Gasteiger partial charge >= 0.3 is 0 Å². The van der Waals surface area contributed by atoms with Crippen molar-refractivity contribution in [3.05, 3.63) is 58.7 Å². The van der Waals surface area contributed by atoms with E-state index in [1.807, 2.05) is 49.9 Å². The summed E-state index contributed by atoms with van der Waals surface area (Å²) in [5, 5.41) is 2.93. The third-order valence-electron chi connectivity index (χ3n) is 5.73. The number of carbonyl (C=O) groups is 2. The Labute approximate surface area is 179 Å². The molecule has 0 aliphatic carbocycles. The van der Waals surface area contributed by atoms with E-state index >= 15 is 0 Å². The van der Waals surface area contributed by atoms with Gasteiger partial charge in [-0.1, -0.05) is 17.7 Å². The summed E-state index contributed by atoms with van der Waals surface area (Å²) in [7, 11) is 0. The first kappa shape index (κ1) is 21.9. The number of rotatable bonds is 6. The second kappa shape index (κ2) is 9.79. The largest absolute Gasteiger partial charge is 0.493 e. The van der Waals surface area contributed by atoms with E-state index in [9.17, 15) is 9.59 Å². The van der Waals surface area contributed by atoms with Crippen molar-refractivity contribution in [2.45, 2.75) is 59.4 Å². The van der Waals surface area contributed by atoms with Gasteiger partial charge in [0, 0.05) is 23.8 Å². The fourth-order valence-electron chi connectivity index (χ4n) is 3.93. The third kappa shape index (κ3) is 5.41. The zero-order valence-corrected chi connectivity index (χ0v) is 18.5. The van der Waals surface area contributed by atoms with Crippen LogP contribution >= 0.6 is 0 Å². The van der Waals surface area contributed by atoms with E-state index in [0.717, 1.165) is 42.0 Å². The number of hydrogen-bond donors (Lipinski definition) is 1. The average molecular weight is 409 g/mol. The molecular weight excluding hydrogens is 376 g/mol. The fourth-order valence-corrected chi connectivity index (χ4v) is 3.93. The van der Waals surface area contributed by atoms with Gasteiger partial charge in [0.15, 0.2) is 0 Å². The summed E-state index contributed by atoms with van der Waals surface area (Å²) in [6, 6.07) is 11.8. The summed E-state index contributed by atoms with van der Waals surface area (Å²) < 4.78 is 5.75. The Balaban J connectivity index is 1.54. The molecule has 2 aromatic carbocycles. The molecule has 5 nitrogen and oxygen atoms in total. The van der Waals surface area contributed by atoms with Gasteiger partial charge in [-0.25, -0.2) is 0 Å². The molecule has 0 radical (unpaired) electrons. The van der Waals surface area contributed by atoms with Gasteiger partial charge in [0.05, 0.1) is 13.0 Å². The summed E-state index contributed by atoms with van der Waals surface area (Å²) in [5.41, 5.74) is 4.54. The molecule has 0 bridgehead atoms. The number of nitrogens with zero attached hydrogens (tertiary/aromatic N) is 1. The number of benzene rings is 2. The monoisotopic (exact) mass is 408 g/mol. The molecule has 1 N–H and O–H groups in total. The van der Waals surface area contributed by atoms with Gasteiger partial charge in [-0.15, -0.1) is 0 Å². The first-order valence-electron chi connectivity index (χ1n) is 10.8. The van der Waals surface area contributed by atoms with Gasteiger partial charge in [0.25, 0.3) is 5.91 Å². The van der Waals surface area contributed by atoms with Crippen LogP contribution in [0.4, 0.5) is 5.69 Å². The highest BCUT2D eigenvalue weighted by Gasteiger charge is 2.24. The number of amides is 2. The Morgan fingerprint density at radius 3 is 2.57 bits per heavy atom. The molecule has 30 heavy (non-hydrogen) atoms. The molecule has 0 spiro atoms. The Kier molecular flexibility index (Phi) is 7.14. The van der Waals surface area contributed by atoms with Crippen molar-refractivity contribution in [1.82, 2.24) is 4.90 Å². The third-order valence-corrected chi connectivity index (χ3v) is 5.73. The summed E-state index contributed by atoms with van der Waals surface area (Å²) in [6.45, 7) is 9.20. The number of anilines is 1. The Hall–Kier alpha value is -2.82. The molecule has 1 fully saturated rings. The molecule has 1 atom stereocenters. The molecule has 1 aliphatic heterocycles. The lowest BCUT2D eigenvalue weighted by atomic mass is 10.0. The normalized spacial score (nSPS) is 16.3. The molecule has 1 heterocycles. The molecule has 3 rings (SSSR count). The van der Waals surface area contributed by atoms with Crippen molar-refractivity contribution in [2.24, 2.45) is 0 Å². The van der Waals surface area contributed by atoms with Crippen LogP contribution in [-0.2, 0) is 4.79 Å². The van der Waals surface area contributed by atoms with Gasteiger partial charge < -0.3 is 15.0 Å². The van der Waals surface area contributed by atoms with Crippen LogP contribution in [0.5, 0.6) is 5.75 Å². The second-order valence-corrected chi connectivity index (χ2v) is 8.29. The van der Waals surface area contributed by atoms with Crippen LogP contribution < -0.4 is 10.1 Å². The predicted molar refractivity (Wildman–Crippen MR) is 120 cm³/mol. The molecule has 1 aliphatic rings. The first-order chi connectivity index (χ1) is 14.3. The van der Waals surface area contributed by atoms with Crippen LogP contribution in [0, 0.1) is 20.8 Å². The molecule has 1 unspecified atom stereocenters. The highest BCUT2D eigenvalue weighted by atomic mass is 16.5. The van der Waals surface area contributed by atoms with Gasteiger partial charge in [-0.3, -0.25) is 9.59 Å². The van der Waals surface area contributed by atoms with E-state index in [1.54, 1.807) is 6.07 Å². The van der Waals surface area contributed by atoms with Crippen molar-refractivity contribution < 1.29 is 14.3 Å². The summed E-state index contributed by atoms with van der Waals surface area (Å²) in [4.78, 5) is 27.1. The minimum Gasteiger partial charge on any atom is -0.493 e. The number of aryl methyl sites for hydroxylation is 3. The minimum atomic E-state index is -0.105.